The third-order valence-corrected chi connectivity index (χ3v) is 10.5. The number of anilines is 1. The number of benzene rings is 1. The Hall–Kier alpha value is -3.12. The van der Waals surface area contributed by atoms with Crippen molar-refractivity contribution in [3.8, 4) is 6.07 Å². The quantitative estimate of drug-likeness (QED) is 0.504. The van der Waals surface area contributed by atoms with Gasteiger partial charge in [0.2, 0.25) is 0 Å². The van der Waals surface area contributed by atoms with Crippen molar-refractivity contribution < 1.29 is 13.9 Å². The van der Waals surface area contributed by atoms with Crippen LogP contribution in [0.4, 0.5) is 15.0 Å². The summed E-state index contributed by atoms with van der Waals surface area (Å²) in [6.07, 6.45) is 2.75. The van der Waals surface area contributed by atoms with Crippen LogP contribution in [0.15, 0.2) is 34.3 Å². The number of carbonyl (C=O) groups is 1. The number of rotatable bonds is 6. The maximum Gasteiger partial charge on any atom is 0.320 e. The lowest BCUT2D eigenvalue weighted by Gasteiger charge is -2.41. The molecule has 0 spiro atoms. The SMILES string of the molecule is CCc1nc2n(c1N(C)C1NC(c3ccc(F)cc3)=C(C#N)S1)NC(N1CCCC(N(C)C(=O)N3CCOCC3)C1)S2. The van der Waals surface area contributed by atoms with Crippen LogP contribution in [0.1, 0.15) is 31.0 Å². The fourth-order valence-corrected chi connectivity index (χ4v) is 7.97. The molecule has 2 saturated heterocycles. The first-order valence-corrected chi connectivity index (χ1v) is 16.1. The fraction of sp³-hybridized carbons (Fsp3) is 0.536. The number of carbonyl (C=O) groups excluding carboxylic acids is 1. The highest BCUT2D eigenvalue weighted by atomic mass is 32.2. The molecule has 1 aromatic heterocycles. The van der Waals surface area contributed by atoms with Gasteiger partial charge < -0.3 is 24.8 Å². The van der Waals surface area contributed by atoms with Gasteiger partial charge in [-0.2, -0.15) is 5.26 Å². The van der Waals surface area contributed by atoms with Crippen LogP contribution in [0.3, 0.4) is 0 Å². The van der Waals surface area contributed by atoms with Crippen LogP contribution in [0.5, 0.6) is 0 Å². The average Bonchev–Trinajstić information content (AvgIpc) is 3.74. The van der Waals surface area contributed by atoms with Gasteiger partial charge >= 0.3 is 6.03 Å². The number of morpholine rings is 1. The number of thioether (sulfide) groups is 2. The first-order valence-electron chi connectivity index (χ1n) is 14.3. The zero-order valence-corrected chi connectivity index (χ0v) is 25.7. The van der Waals surface area contributed by atoms with E-state index in [-0.39, 0.29) is 28.9 Å². The van der Waals surface area contributed by atoms with Gasteiger partial charge in [0.1, 0.15) is 22.3 Å². The number of fused-ring (bicyclic) bond motifs is 1. The van der Waals surface area contributed by atoms with Gasteiger partial charge in [-0.15, -0.1) is 0 Å². The summed E-state index contributed by atoms with van der Waals surface area (Å²) in [5.41, 5.74) is 5.87. The summed E-state index contributed by atoms with van der Waals surface area (Å²) in [6.45, 7) is 6.28. The van der Waals surface area contributed by atoms with Gasteiger partial charge in [0, 0.05) is 46.3 Å². The molecule has 14 heteroatoms. The summed E-state index contributed by atoms with van der Waals surface area (Å²) in [4.78, 5) is 27.0. The van der Waals surface area contributed by atoms with E-state index in [0.717, 1.165) is 54.6 Å². The largest absolute Gasteiger partial charge is 0.378 e. The van der Waals surface area contributed by atoms with E-state index in [1.165, 1.54) is 23.9 Å². The van der Waals surface area contributed by atoms with Gasteiger partial charge in [0.05, 0.1) is 24.6 Å². The molecule has 2 aromatic rings. The van der Waals surface area contributed by atoms with E-state index in [4.69, 9.17) is 9.72 Å². The van der Waals surface area contributed by atoms with Gasteiger partial charge in [0.15, 0.2) is 16.5 Å². The number of likely N-dealkylation sites (N-methyl/N-ethyl adjacent to an activating group) is 1. The number of ether oxygens (including phenoxy) is 1. The number of aryl methyl sites for hydroxylation is 1. The molecule has 6 rings (SSSR count). The van der Waals surface area contributed by atoms with Crippen molar-refractivity contribution >= 4 is 41.1 Å². The third-order valence-electron chi connectivity index (χ3n) is 8.22. The molecule has 224 valence electrons. The number of imidazole rings is 1. The number of amides is 2. The minimum atomic E-state index is -0.312. The molecule has 3 unspecified atom stereocenters. The number of nitrogens with one attached hydrogen (secondary N) is 2. The number of likely N-dealkylation sites (tertiary alicyclic amines) is 1. The molecule has 5 heterocycles. The fourth-order valence-electron chi connectivity index (χ4n) is 5.86. The number of aromatic nitrogens is 2. The molecule has 0 aliphatic carbocycles. The van der Waals surface area contributed by atoms with Crippen LogP contribution in [-0.2, 0) is 11.2 Å². The number of urea groups is 1. The topological polar surface area (TPSA) is 105 Å². The Morgan fingerprint density at radius 1 is 1.21 bits per heavy atom. The summed E-state index contributed by atoms with van der Waals surface area (Å²) >= 11 is 3.13. The predicted octanol–water partition coefficient (Wildman–Crippen LogP) is 3.31. The molecule has 11 nitrogen and oxygen atoms in total. The number of hydrogen-bond donors (Lipinski definition) is 2. The lowest BCUT2D eigenvalue weighted by molar-refractivity contribution is 0.0367. The van der Waals surface area contributed by atoms with E-state index in [9.17, 15) is 14.4 Å². The second kappa shape index (κ2) is 12.2. The Balaban J connectivity index is 1.15. The lowest BCUT2D eigenvalue weighted by atomic mass is 10.1. The van der Waals surface area contributed by atoms with Crippen LogP contribution in [-0.4, -0.2) is 101 Å². The molecule has 3 atom stereocenters. The standard InChI is InChI=1S/C28H36FN9O2S2/c1-4-21-24(35(3)25-32-23(22(16-30)41-25)18-7-9-19(29)10-8-18)38-26(31-21)42-27(33-38)37-11-5-6-20(17-37)34(2)28(39)36-12-14-40-15-13-36/h7-10,20,25,27,32-33H,4-6,11-15,17H2,1-3H3. The number of hydrogen-bond acceptors (Lipinski definition) is 10. The van der Waals surface area contributed by atoms with Gasteiger partial charge in [-0.3, -0.25) is 10.3 Å². The van der Waals surface area contributed by atoms with E-state index in [1.54, 1.807) is 23.9 Å². The van der Waals surface area contributed by atoms with E-state index in [1.807, 2.05) is 23.9 Å². The first kappa shape index (κ1) is 29.0. The molecule has 42 heavy (non-hydrogen) atoms. The van der Waals surface area contributed by atoms with Crippen molar-refractivity contribution in [3.63, 3.8) is 0 Å². The molecule has 0 saturated carbocycles. The van der Waals surface area contributed by atoms with Crippen LogP contribution in [0.2, 0.25) is 0 Å². The molecular weight excluding hydrogens is 578 g/mol. The zero-order chi connectivity index (χ0) is 29.4. The molecule has 0 bridgehead atoms. The molecule has 4 aliphatic heterocycles. The number of halogens is 1. The highest BCUT2D eigenvalue weighted by molar-refractivity contribution is 8.04. The van der Waals surface area contributed by atoms with Crippen molar-refractivity contribution in [1.29, 1.82) is 5.26 Å². The van der Waals surface area contributed by atoms with E-state index >= 15 is 0 Å². The highest BCUT2D eigenvalue weighted by Gasteiger charge is 2.39. The van der Waals surface area contributed by atoms with Crippen molar-refractivity contribution in [3.05, 3.63) is 46.2 Å². The second-order valence-electron chi connectivity index (χ2n) is 10.8. The van der Waals surface area contributed by atoms with Crippen molar-refractivity contribution in [2.24, 2.45) is 0 Å². The number of allylic oxidation sites excluding steroid dienone is 1. The van der Waals surface area contributed by atoms with Crippen LogP contribution in [0.25, 0.3) is 5.70 Å². The predicted molar refractivity (Wildman–Crippen MR) is 163 cm³/mol. The van der Waals surface area contributed by atoms with E-state index in [0.29, 0.717) is 36.9 Å². The lowest BCUT2D eigenvalue weighted by Crippen LogP contribution is -2.56. The van der Waals surface area contributed by atoms with E-state index in [2.05, 4.69) is 38.2 Å². The number of piperidine rings is 1. The Kier molecular flexibility index (Phi) is 8.44. The monoisotopic (exact) mass is 613 g/mol. The van der Waals surface area contributed by atoms with Crippen LogP contribution < -0.4 is 15.6 Å². The Morgan fingerprint density at radius 2 is 1.98 bits per heavy atom. The molecule has 2 amide bonds. The van der Waals surface area contributed by atoms with Gasteiger partial charge in [-0.1, -0.05) is 18.7 Å². The molecular formula is C28H36FN9O2S2. The third kappa shape index (κ3) is 5.50. The molecule has 2 N–H and O–H groups in total. The second-order valence-corrected chi connectivity index (χ2v) is 12.9. The first-order chi connectivity index (χ1) is 20.4. The van der Waals surface area contributed by atoms with Gasteiger partial charge in [0.25, 0.3) is 0 Å². The maximum atomic E-state index is 13.5. The van der Waals surface area contributed by atoms with Crippen molar-refractivity contribution in [2.75, 3.05) is 63.8 Å². The Labute approximate surface area is 254 Å². The van der Waals surface area contributed by atoms with E-state index < -0.39 is 0 Å². The minimum absolute atomic E-state index is 0.00740. The minimum Gasteiger partial charge on any atom is -0.378 e. The Morgan fingerprint density at radius 3 is 2.69 bits per heavy atom. The van der Waals surface area contributed by atoms with Crippen LogP contribution in [0, 0.1) is 17.1 Å². The molecule has 2 fully saturated rings. The summed E-state index contributed by atoms with van der Waals surface area (Å²) < 4.78 is 21.0. The smallest absolute Gasteiger partial charge is 0.320 e. The summed E-state index contributed by atoms with van der Waals surface area (Å²) in [7, 11) is 3.92. The highest BCUT2D eigenvalue weighted by Crippen LogP contribution is 2.41. The van der Waals surface area contributed by atoms with Gasteiger partial charge in [-0.25, -0.2) is 18.8 Å². The number of nitrogens with zero attached hydrogens (tertiary/aromatic N) is 7. The molecule has 4 aliphatic rings. The summed E-state index contributed by atoms with van der Waals surface area (Å²) in [6, 6.07) is 8.70. The molecule has 1 aromatic carbocycles. The van der Waals surface area contributed by atoms with Crippen LogP contribution >= 0.6 is 23.5 Å². The normalized spacial score (nSPS) is 24.2. The van der Waals surface area contributed by atoms with Gasteiger partial charge in [-0.05, 0) is 60.9 Å². The van der Waals surface area contributed by atoms with Crippen molar-refractivity contribution in [1.82, 2.24) is 29.7 Å². The average molecular weight is 614 g/mol. The number of nitriles is 1. The Bertz CT molecular complexity index is 1390. The maximum absolute atomic E-state index is 13.5. The summed E-state index contributed by atoms with van der Waals surface area (Å²) in [5, 5.41) is 14.2. The summed E-state index contributed by atoms with van der Waals surface area (Å²) in [5.74, 6) is 0.631. The zero-order valence-electron chi connectivity index (χ0n) is 24.0. The van der Waals surface area contributed by atoms with Crippen molar-refractivity contribution in [2.45, 2.75) is 48.4 Å². The molecule has 0 radical (unpaired) electrons.